The predicted molar refractivity (Wildman–Crippen MR) is 229 cm³/mol. The third kappa shape index (κ3) is 8.23. The SMILES string of the molecule is Cc1cc(-c2ccccc2)cc(C)c1OP(Oc1cccc(-c2nccn2-c2c(C(C)C)cccc2C(C)C)c1)Oc1c(C)cc(-c2ccccc2)cc1C. The smallest absolute Gasteiger partial charge is 0.408 e. The van der Waals surface area contributed by atoms with Gasteiger partial charge in [0.25, 0.3) is 0 Å². The molecule has 1 aromatic heterocycles. The second-order valence-electron chi connectivity index (χ2n) is 14.9. The molecule has 0 atom stereocenters. The van der Waals surface area contributed by atoms with Gasteiger partial charge in [0.2, 0.25) is 0 Å². The van der Waals surface area contributed by atoms with Crippen molar-refractivity contribution in [2.75, 3.05) is 0 Å². The highest BCUT2D eigenvalue weighted by molar-refractivity contribution is 7.43. The molecule has 0 amide bonds. The summed E-state index contributed by atoms with van der Waals surface area (Å²) in [5, 5.41) is 0. The van der Waals surface area contributed by atoms with E-state index in [0.29, 0.717) is 17.6 Å². The predicted octanol–water partition coefficient (Wildman–Crippen LogP) is 14.1. The molecule has 0 fully saturated rings. The van der Waals surface area contributed by atoms with Crippen LogP contribution in [0.2, 0.25) is 0 Å². The van der Waals surface area contributed by atoms with E-state index in [0.717, 1.165) is 67.4 Å². The Kier molecular flexibility index (Phi) is 11.2. The minimum atomic E-state index is -1.96. The third-order valence-electron chi connectivity index (χ3n) is 9.96. The largest absolute Gasteiger partial charge is 0.530 e. The van der Waals surface area contributed by atoms with E-state index in [4.69, 9.17) is 18.6 Å². The van der Waals surface area contributed by atoms with Crippen LogP contribution in [-0.2, 0) is 0 Å². The van der Waals surface area contributed by atoms with Crippen molar-refractivity contribution in [1.29, 1.82) is 0 Å². The van der Waals surface area contributed by atoms with Crippen molar-refractivity contribution in [2.24, 2.45) is 0 Å². The summed E-state index contributed by atoms with van der Waals surface area (Å²) in [6, 6.07) is 44.2. The summed E-state index contributed by atoms with van der Waals surface area (Å²) in [5.74, 6) is 3.67. The van der Waals surface area contributed by atoms with Gasteiger partial charge in [0, 0.05) is 18.0 Å². The van der Waals surface area contributed by atoms with Crippen LogP contribution in [0, 0.1) is 27.7 Å². The van der Waals surface area contributed by atoms with Gasteiger partial charge in [0.15, 0.2) is 0 Å². The standard InChI is InChI=1S/C49H49N2O3P/c1-32(2)44-23-16-24-45(33(3)4)46(44)51-26-25-50-49(51)40-21-15-22-43(31-40)52-55(53-47-34(5)27-41(28-35(47)6)38-17-11-9-12-18-38)54-48-36(7)29-42(30-37(48)8)39-19-13-10-14-20-39/h9-33H,1-8H3. The lowest BCUT2D eigenvalue weighted by molar-refractivity contribution is 0.384. The van der Waals surface area contributed by atoms with E-state index in [1.165, 1.54) is 16.8 Å². The first kappa shape index (κ1) is 37.7. The lowest BCUT2D eigenvalue weighted by Crippen LogP contribution is -2.08. The average Bonchev–Trinajstić information content (AvgIpc) is 3.68. The number of hydrogen-bond acceptors (Lipinski definition) is 4. The fourth-order valence-electron chi connectivity index (χ4n) is 7.25. The molecule has 0 unspecified atom stereocenters. The maximum absolute atomic E-state index is 6.81. The summed E-state index contributed by atoms with van der Waals surface area (Å²) in [7, 11) is -1.96. The molecule has 7 aromatic rings. The number of aromatic nitrogens is 2. The molecule has 0 saturated heterocycles. The Hall–Kier alpha value is -5.64. The number of benzene rings is 6. The summed E-state index contributed by atoms with van der Waals surface area (Å²) in [6.07, 6.45) is 3.93. The minimum absolute atomic E-state index is 0.346. The summed E-state index contributed by atoms with van der Waals surface area (Å²) >= 11 is 0. The molecule has 0 radical (unpaired) electrons. The molecule has 0 N–H and O–H groups in total. The summed E-state index contributed by atoms with van der Waals surface area (Å²) in [4.78, 5) is 4.88. The summed E-state index contributed by atoms with van der Waals surface area (Å²) < 4.78 is 22.6. The van der Waals surface area contributed by atoms with Gasteiger partial charge in [-0.15, -0.1) is 0 Å². The zero-order valence-electron chi connectivity index (χ0n) is 33.0. The highest BCUT2D eigenvalue weighted by atomic mass is 31.2. The number of para-hydroxylation sites is 1. The van der Waals surface area contributed by atoms with Gasteiger partial charge < -0.3 is 13.6 Å². The van der Waals surface area contributed by atoms with Gasteiger partial charge in [-0.1, -0.05) is 119 Å². The van der Waals surface area contributed by atoms with E-state index in [-0.39, 0.29) is 0 Å². The Balaban J connectivity index is 1.26. The average molecular weight is 745 g/mol. The normalized spacial score (nSPS) is 11.4. The van der Waals surface area contributed by atoms with Crippen molar-refractivity contribution in [3.63, 3.8) is 0 Å². The number of nitrogens with zero attached hydrogens (tertiary/aromatic N) is 2. The lowest BCUT2D eigenvalue weighted by atomic mass is 9.92. The van der Waals surface area contributed by atoms with Crippen LogP contribution in [-0.4, -0.2) is 9.55 Å². The molecule has 5 nitrogen and oxygen atoms in total. The highest BCUT2D eigenvalue weighted by Gasteiger charge is 2.26. The molecule has 0 aliphatic carbocycles. The first-order valence-electron chi connectivity index (χ1n) is 19.0. The van der Waals surface area contributed by atoms with E-state index in [1.54, 1.807) is 0 Å². The molecule has 55 heavy (non-hydrogen) atoms. The first-order valence-corrected chi connectivity index (χ1v) is 20.1. The van der Waals surface area contributed by atoms with Crippen molar-refractivity contribution in [1.82, 2.24) is 9.55 Å². The van der Waals surface area contributed by atoms with Gasteiger partial charge in [-0.3, -0.25) is 4.57 Å². The van der Waals surface area contributed by atoms with Crippen LogP contribution in [0.25, 0.3) is 39.3 Å². The number of imidazole rings is 1. The fraction of sp³-hybridized carbons (Fsp3) is 0.204. The minimum Gasteiger partial charge on any atom is -0.408 e. The van der Waals surface area contributed by atoms with Gasteiger partial charge in [-0.05, 0) is 132 Å². The molecule has 7 rings (SSSR count). The monoisotopic (exact) mass is 744 g/mol. The van der Waals surface area contributed by atoms with E-state index >= 15 is 0 Å². The van der Waals surface area contributed by atoms with Gasteiger partial charge in [0.1, 0.15) is 23.1 Å². The van der Waals surface area contributed by atoms with Crippen LogP contribution in [0.5, 0.6) is 17.2 Å². The van der Waals surface area contributed by atoms with Crippen LogP contribution in [0.15, 0.2) is 140 Å². The Bertz CT molecular complexity index is 2250. The van der Waals surface area contributed by atoms with Gasteiger partial charge in [0.05, 0.1) is 5.69 Å². The molecule has 0 aliphatic rings. The van der Waals surface area contributed by atoms with E-state index < -0.39 is 8.60 Å². The Morgan fingerprint density at radius 2 is 0.945 bits per heavy atom. The molecule has 6 heteroatoms. The van der Waals surface area contributed by atoms with E-state index in [2.05, 4.69) is 163 Å². The quantitative estimate of drug-likeness (QED) is 0.117. The zero-order valence-corrected chi connectivity index (χ0v) is 33.9. The van der Waals surface area contributed by atoms with Gasteiger partial charge in [-0.25, -0.2) is 4.98 Å². The van der Waals surface area contributed by atoms with Crippen molar-refractivity contribution in [3.05, 3.63) is 173 Å². The zero-order chi connectivity index (χ0) is 38.6. The molecular formula is C49H49N2O3P. The molecule has 0 saturated carbocycles. The third-order valence-corrected chi connectivity index (χ3v) is 11.0. The van der Waals surface area contributed by atoms with Crippen LogP contribution in [0.3, 0.4) is 0 Å². The molecular weight excluding hydrogens is 696 g/mol. The summed E-state index contributed by atoms with van der Waals surface area (Å²) in [6.45, 7) is 17.3. The van der Waals surface area contributed by atoms with Crippen molar-refractivity contribution >= 4 is 8.60 Å². The van der Waals surface area contributed by atoms with E-state index in [9.17, 15) is 0 Å². The van der Waals surface area contributed by atoms with Gasteiger partial charge in [-0.2, -0.15) is 0 Å². The van der Waals surface area contributed by atoms with Crippen LogP contribution in [0.4, 0.5) is 0 Å². The van der Waals surface area contributed by atoms with Crippen molar-refractivity contribution in [2.45, 2.75) is 67.2 Å². The maximum atomic E-state index is 6.81. The molecule has 278 valence electrons. The van der Waals surface area contributed by atoms with Crippen LogP contribution in [0.1, 0.15) is 72.9 Å². The topological polar surface area (TPSA) is 45.5 Å². The van der Waals surface area contributed by atoms with E-state index in [1.807, 2.05) is 36.5 Å². The molecule has 6 aromatic carbocycles. The van der Waals surface area contributed by atoms with Crippen LogP contribution < -0.4 is 13.6 Å². The first-order chi connectivity index (χ1) is 26.6. The number of hydrogen-bond donors (Lipinski definition) is 0. The van der Waals surface area contributed by atoms with Gasteiger partial charge >= 0.3 is 8.60 Å². The maximum Gasteiger partial charge on any atom is 0.530 e. The molecule has 0 bridgehead atoms. The molecule has 1 heterocycles. The van der Waals surface area contributed by atoms with Crippen molar-refractivity contribution in [3.8, 4) is 56.6 Å². The number of aryl methyl sites for hydroxylation is 4. The second kappa shape index (κ2) is 16.4. The van der Waals surface area contributed by atoms with Crippen molar-refractivity contribution < 1.29 is 13.6 Å². The number of rotatable bonds is 12. The lowest BCUT2D eigenvalue weighted by Gasteiger charge is -2.23. The fourth-order valence-corrected chi connectivity index (χ4v) is 8.53. The second-order valence-corrected chi connectivity index (χ2v) is 15.8. The Morgan fingerprint density at radius 3 is 1.42 bits per heavy atom. The van der Waals surface area contributed by atoms with Crippen LogP contribution >= 0.6 is 8.60 Å². The summed E-state index contributed by atoms with van der Waals surface area (Å²) in [5.41, 5.74) is 13.3. The molecule has 0 spiro atoms. The Labute approximate surface area is 327 Å². The highest BCUT2D eigenvalue weighted by Crippen LogP contribution is 2.47. The Morgan fingerprint density at radius 1 is 0.491 bits per heavy atom. The molecule has 0 aliphatic heterocycles.